The van der Waals surface area contributed by atoms with Crippen molar-refractivity contribution in [2.24, 2.45) is 5.73 Å². The first-order chi connectivity index (χ1) is 4.88. The molecule has 0 aromatic carbocycles. The Morgan fingerprint density at radius 1 is 1.70 bits per heavy atom. The van der Waals surface area contributed by atoms with Crippen LogP contribution in [0.5, 0.6) is 0 Å². The van der Waals surface area contributed by atoms with Crippen LogP contribution in [0.15, 0.2) is 6.20 Å². The summed E-state index contributed by atoms with van der Waals surface area (Å²) in [5.74, 6) is 0. The average molecular weight is 138 g/mol. The fourth-order valence-electron chi connectivity index (χ4n) is 1.34. The summed E-state index contributed by atoms with van der Waals surface area (Å²) < 4.78 is 1.88. The third-order valence-corrected chi connectivity index (χ3v) is 1.91. The molecule has 0 fully saturated rings. The number of hydrogen-bond acceptors (Lipinski definition) is 3. The molecule has 0 radical (unpaired) electrons. The molecular formula is C6H10N4. The Kier molecular flexibility index (Phi) is 1.20. The highest BCUT2D eigenvalue weighted by atomic mass is 15.4. The predicted molar refractivity (Wildman–Crippen MR) is 36.2 cm³/mol. The Hall–Kier alpha value is -0.900. The van der Waals surface area contributed by atoms with Gasteiger partial charge in [0, 0.05) is 12.6 Å². The molecule has 54 valence electrons. The highest BCUT2D eigenvalue weighted by Gasteiger charge is 2.16. The van der Waals surface area contributed by atoms with Crippen LogP contribution in [-0.4, -0.2) is 15.0 Å². The topological polar surface area (TPSA) is 56.7 Å². The van der Waals surface area contributed by atoms with Gasteiger partial charge in [-0.1, -0.05) is 5.21 Å². The maximum absolute atomic E-state index is 5.79. The Bertz CT molecular complexity index is 229. The van der Waals surface area contributed by atoms with Gasteiger partial charge in [-0.3, -0.25) is 0 Å². The van der Waals surface area contributed by atoms with Crippen LogP contribution >= 0.6 is 0 Å². The summed E-state index contributed by atoms with van der Waals surface area (Å²) in [6, 6.07) is 0.156. The molecule has 2 heterocycles. The van der Waals surface area contributed by atoms with E-state index in [4.69, 9.17) is 5.73 Å². The van der Waals surface area contributed by atoms with Gasteiger partial charge in [0.05, 0.1) is 11.9 Å². The van der Waals surface area contributed by atoms with Crippen LogP contribution in [0.4, 0.5) is 0 Å². The summed E-state index contributed by atoms with van der Waals surface area (Å²) in [6.45, 7) is 0.975. The van der Waals surface area contributed by atoms with E-state index in [1.165, 1.54) is 0 Å². The summed E-state index contributed by atoms with van der Waals surface area (Å²) >= 11 is 0. The van der Waals surface area contributed by atoms with Crippen molar-refractivity contribution in [3.63, 3.8) is 0 Å². The molecule has 1 aromatic heterocycles. The summed E-state index contributed by atoms with van der Waals surface area (Å²) in [4.78, 5) is 0. The van der Waals surface area contributed by atoms with Gasteiger partial charge in [0.2, 0.25) is 0 Å². The first-order valence-electron chi connectivity index (χ1n) is 3.52. The standard InChI is InChI=1S/C6H10N4/c7-5-2-1-3-10-6(5)4-8-9-10/h4-5H,1-3,7H2. The third kappa shape index (κ3) is 0.724. The Morgan fingerprint density at radius 3 is 3.40 bits per heavy atom. The van der Waals surface area contributed by atoms with Crippen LogP contribution in [0.2, 0.25) is 0 Å². The number of hydrogen-bond donors (Lipinski definition) is 1. The van der Waals surface area contributed by atoms with E-state index in [-0.39, 0.29) is 6.04 Å². The van der Waals surface area contributed by atoms with Gasteiger partial charge in [-0.05, 0) is 12.8 Å². The van der Waals surface area contributed by atoms with Crippen molar-refractivity contribution in [2.75, 3.05) is 0 Å². The second-order valence-corrected chi connectivity index (χ2v) is 2.63. The number of nitrogens with zero attached hydrogens (tertiary/aromatic N) is 3. The second kappa shape index (κ2) is 2.05. The van der Waals surface area contributed by atoms with E-state index in [1.54, 1.807) is 6.20 Å². The van der Waals surface area contributed by atoms with Crippen LogP contribution in [0.25, 0.3) is 0 Å². The first-order valence-corrected chi connectivity index (χ1v) is 3.52. The minimum atomic E-state index is 0.156. The van der Waals surface area contributed by atoms with Gasteiger partial charge in [-0.25, -0.2) is 4.68 Å². The SMILES string of the molecule is NC1CCCn2nncc21. The molecule has 0 bridgehead atoms. The lowest BCUT2D eigenvalue weighted by Gasteiger charge is -2.17. The number of aryl methyl sites for hydroxylation is 1. The molecule has 1 aromatic rings. The van der Waals surface area contributed by atoms with Crippen LogP contribution < -0.4 is 5.73 Å². The summed E-state index contributed by atoms with van der Waals surface area (Å²) in [5.41, 5.74) is 6.87. The van der Waals surface area contributed by atoms with Gasteiger partial charge in [-0.2, -0.15) is 0 Å². The van der Waals surface area contributed by atoms with Crippen molar-refractivity contribution in [1.29, 1.82) is 0 Å². The van der Waals surface area contributed by atoms with Gasteiger partial charge in [0.25, 0.3) is 0 Å². The number of aromatic nitrogens is 3. The van der Waals surface area contributed by atoms with Gasteiger partial charge >= 0.3 is 0 Å². The zero-order valence-electron chi connectivity index (χ0n) is 5.70. The largest absolute Gasteiger partial charge is 0.323 e. The van der Waals surface area contributed by atoms with Crippen LogP contribution in [0.1, 0.15) is 24.6 Å². The third-order valence-electron chi connectivity index (χ3n) is 1.91. The lowest BCUT2D eigenvalue weighted by Crippen LogP contribution is -2.21. The molecule has 1 aliphatic rings. The predicted octanol–water partition coefficient (Wildman–Crippen LogP) is 0.0717. The summed E-state index contributed by atoms with van der Waals surface area (Å²) in [5, 5.41) is 7.68. The highest BCUT2D eigenvalue weighted by Crippen LogP contribution is 2.19. The highest BCUT2D eigenvalue weighted by molar-refractivity contribution is 5.02. The molecule has 4 heteroatoms. The fraction of sp³-hybridized carbons (Fsp3) is 0.667. The van der Waals surface area contributed by atoms with E-state index in [9.17, 15) is 0 Å². The smallest absolute Gasteiger partial charge is 0.0754 e. The van der Waals surface area contributed by atoms with E-state index in [2.05, 4.69) is 10.3 Å². The molecular weight excluding hydrogens is 128 g/mol. The molecule has 2 rings (SSSR count). The average Bonchev–Trinajstić information content (AvgIpc) is 2.36. The van der Waals surface area contributed by atoms with Crippen molar-refractivity contribution < 1.29 is 0 Å². The second-order valence-electron chi connectivity index (χ2n) is 2.63. The maximum atomic E-state index is 5.79. The van der Waals surface area contributed by atoms with Crippen molar-refractivity contribution in [3.05, 3.63) is 11.9 Å². The number of nitrogens with two attached hydrogens (primary N) is 1. The molecule has 0 saturated carbocycles. The van der Waals surface area contributed by atoms with E-state index in [0.717, 1.165) is 25.1 Å². The Balaban J connectivity index is 2.41. The van der Waals surface area contributed by atoms with E-state index >= 15 is 0 Å². The molecule has 1 unspecified atom stereocenters. The van der Waals surface area contributed by atoms with Gasteiger partial charge in [0.15, 0.2) is 0 Å². The molecule has 1 aliphatic heterocycles. The molecule has 0 amide bonds. The fourth-order valence-corrected chi connectivity index (χ4v) is 1.34. The first kappa shape index (κ1) is 5.85. The molecule has 0 saturated heterocycles. The van der Waals surface area contributed by atoms with Crippen molar-refractivity contribution >= 4 is 0 Å². The minimum Gasteiger partial charge on any atom is -0.323 e. The summed E-state index contributed by atoms with van der Waals surface area (Å²) in [6.07, 6.45) is 3.94. The van der Waals surface area contributed by atoms with Crippen molar-refractivity contribution in [1.82, 2.24) is 15.0 Å². The zero-order chi connectivity index (χ0) is 6.97. The van der Waals surface area contributed by atoms with Crippen molar-refractivity contribution in [3.8, 4) is 0 Å². The number of rotatable bonds is 0. The maximum Gasteiger partial charge on any atom is 0.0754 e. The number of fused-ring (bicyclic) bond motifs is 1. The lowest BCUT2D eigenvalue weighted by molar-refractivity contribution is 0.425. The molecule has 10 heavy (non-hydrogen) atoms. The van der Waals surface area contributed by atoms with Gasteiger partial charge < -0.3 is 5.73 Å². The molecule has 0 spiro atoms. The van der Waals surface area contributed by atoms with Gasteiger partial charge in [0.1, 0.15) is 0 Å². The molecule has 2 N–H and O–H groups in total. The molecule has 4 nitrogen and oxygen atoms in total. The van der Waals surface area contributed by atoms with E-state index in [0.29, 0.717) is 0 Å². The Morgan fingerprint density at radius 2 is 2.60 bits per heavy atom. The lowest BCUT2D eigenvalue weighted by atomic mass is 10.1. The Labute approximate surface area is 59.0 Å². The normalized spacial score (nSPS) is 24.3. The summed E-state index contributed by atoms with van der Waals surface area (Å²) in [7, 11) is 0. The molecule has 0 aliphatic carbocycles. The monoisotopic (exact) mass is 138 g/mol. The van der Waals surface area contributed by atoms with Crippen LogP contribution in [0, 0.1) is 0 Å². The minimum absolute atomic E-state index is 0.156. The van der Waals surface area contributed by atoms with E-state index < -0.39 is 0 Å². The van der Waals surface area contributed by atoms with Gasteiger partial charge in [-0.15, -0.1) is 5.10 Å². The van der Waals surface area contributed by atoms with Crippen LogP contribution in [0.3, 0.4) is 0 Å². The quantitative estimate of drug-likeness (QED) is 0.552. The zero-order valence-corrected chi connectivity index (χ0v) is 5.70. The molecule has 1 atom stereocenters. The van der Waals surface area contributed by atoms with Crippen molar-refractivity contribution in [2.45, 2.75) is 25.4 Å². The van der Waals surface area contributed by atoms with E-state index in [1.807, 2.05) is 4.68 Å². The van der Waals surface area contributed by atoms with Crippen LogP contribution in [-0.2, 0) is 6.54 Å².